The number of aliphatic imine (C=N–C) groups is 3. The van der Waals surface area contributed by atoms with Crippen LogP contribution in [0.3, 0.4) is 0 Å². The van der Waals surface area contributed by atoms with Crippen molar-refractivity contribution in [2.24, 2.45) is 32.0 Å². The molecule has 0 aliphatic rings. The molecule has 0 fully saturated rings. The lowest BCUT2D eigenvalue weighted by Gasteiger charge is -2.23. The van der Waals surface area contributed by atoms with Gasteiger partial charge in [0.1, 0.15) is 23.1 Å². The number of nitrogens with zero attached hydrogens (tertiary/aromatic N) is 6. The summed E-state index contributed by atoms with van der Waals surface area (Å²) >= 11 is 4.95. The lowest BCUT2D eigenvalue weighted by Crippen LogP contribution is -2.28. The molecular weight excluding hydrogens is 518 g/mol. The van der Waals surface area contributed by atoms with Gasteiger partial charge in [-0.2, -0.15) is 12.6 Å². The number of ether oxygens (including phenoxy) is 1. The average Bonchev–Trinajstić information content (AvgIpc) is 3.33. The second-order valence-corrected chi connectivity index (χ2v) is 8.95. The predicted octanol–water partition coefficient (Wildman–Crippen LogP) is 6.08. The van der Waals surface area contributed by atoms with Gasteiger partial charge in [-0.05, 0) is 65.2 Å². The van der Waals surface area contributed by atoms with Gasteiger partial charge in [0.05, 0.1) is 5.69 Å². The molecule has 2 unspecified atom stereocenters. The van der Waals surface area contributed by atoms with Crippen molar-refractivity contribution in [3.63, 3.8) is 0 Å². The van der Waals surface area contributed by atoms with Crippen LogP contribution in [0.1, 0.15) is 53.2 Å². The van der Waals surface area contributed by atoms with Gasteiger partial charge in [0.2, 0.25) is 0 Å². The molecule has 0 amide bonds. The Hall–Kier alpha value is -2.63. The van der Waals surface area contributed by atoms with Crippen LogP contribution in [0.5, 0.6) is 5.19 Å². The number of fused-ring (bicyclic) bond motifs is 1. The van der Waals surface area contributed by atoms with E-state index in [1.54, 1.807) is 25.7 Å². The topological polar surface area (TPSA) is 106 Å². The molecule has 0 saturated heterocycles. The van der Waals surface area contributed by atoms with Crippen molar-refractivity contribution < 1.29 is 9.57 Å². The standard InChI is InChI=1S/C24H35N7O2S.C2H6.CH4S/c1-16(2)22(28-7)31-32-13-11-18(10-12-25-4)17(3)33-24-30-21-9-8-20(29-23(21)34-24)19(14-26-5)15-27-6;2*1-2/h8-9,14-18,25H,5,7,10-13H2,1-4,6H3;1-2H3;2H,1H3/b19-14+,27-15?,31-22-;;. The number of oxime groups is 1. The number of allylic oxidation sites excluding steroid dienone is 1. The van der Waals surface area contributed by atoms with Crippen LogP contribution in [0.4, 0.5) is 0 Å². The van der Waals surface area contributed by atoms with E-state index in [9.17, 15) is 0 Å². The normalized spacial score (nSPS) is 13.3. The molecule has 0 aliphatic heterocycles. The van der Waals surface area contributed by atoms with Crippen LogP contribution < -0.4 is 10.1 Å². The number of aromatic nitrogens is 2. The molecule has 2 heterocycles. The minimum Gasteiger partial charge on any atom is -0.467 e. The van der Waals surface area contributed by atoms with Crippen molar-refractivity contribution in [2.45, 2.75) is 53.6 Å². The van der Waals surface area contributed by atoms with Crippen LogP contribution in [0, 0.1) is 11.8 Å². The Balaban J connectivity index is 0.00000326. The number of amidine groups is 1. The van der Waals surface area contributed by atoms with Gasteiger partial charge in [0.25, 0.3) is 5.19 Å². The summed E-state index contributed by atoms with van der Waals surface area (Å²) in [6.45, 7) is 18.5. The Morgan fingerprint density at radius 3 is 2.45 bits per heavy atom. The zero-order valence-electron chi connectivity index (χ0n) is 24.1. The molecule has 2 aromatic rings. The largest absolute Gasteiger partial charge is 0.467 e. The molecule has 2 aromatic heterocycles. The summed E-state index contributed by atoms with van der Waals surface area (Å²) in [5.41, 5.74) is 2.33. The number of pyridine rings is 1. The maximum absolute atomic E-state index is 6.24. The molecule has 38 heavy (non-hydrogen) atoms. The highest BCUT2D eigenvalue weighted by Gasteiger charge is 2.21. The summed E-state index contributed by atoms with van der Waals surface area (Å²) in [5.74, 6) is 1.03. The second kappa shape index (κ2) is 21.3. The maximum Gasteiger partial charge on any atom is 0.276 e. The van der Waals surface area contributed by atoms with Gasteiger partial charge in [0, 0.05) is 36.9 Å². The van der Waals surface area contributed by atoms with Crippen LogP contribution in [0.2, 0.25) is 0 Å². The van der Waals surface area contributed by atoms with Gasteiger partial charge in [0.15, 0.2) is 5.84 Å². The quantitative estimate of drug-likeness (QED) is 0.0953. The fourth-order valence-electron chi connectivity index (χ4n) is 3.24. The van der Waals surface area contributed by atoms with E-state index in [0.717, 1.165) is 41.0 Å². The van der Waals surface area contributed by atoms with Crippen LogP contribution in [-0.4, -0.2) is 75.1 Å². The Bertz CT molecular complexity index is 1040. The van der Waals surface area contributed by atoms with Gasteiger partial charge in [-0.1, -0.05) is 44.2 Å². The number of thiol groups is 1. The van der Waals surface area contributed by atoms with Crippen molar-refractivity contribution in [1.82, 2.24) is 15.3 Å². The Kier molecular flexibility index (Phi) is 19.8. The zero-order valence-corrected chi connectivity index (χ0v) is 25.9. The molecule has 0 radical (unpaired) electrons. The first-order chi connectivity index (χ1) is 18.4. The lowest BCUT2D eigenvalue weighted by atomic mass is 9.96. The molecular formula is C27H45N7O2S2. The van der Waals surface area contributed by atoms with Crippen molar-refractivity contribution in [1.29, 1.82) is 0 Å². The van der Waals surface area contributed by atoms with Gasteiger partial charge in [-0.15, -0.1) is 0 Å². The molecule has 2 atom stereocenters. The van der Waals surface area contributed by atoms with E-state index in [0.29, 0.717) is 17.6 Å². The maximum atomic E-state index is 6.24. The number of rotatable bonds is 14. The molecule has 0 aliphatic carbocycles. The van der Waals surface area contributed by atoms with Crippen LogP contribution >= 0.6 is 24.0 Å². The molecule has 1 N–H and O–H groups in total. The number of thiazole rings is 1. The zero-order chi connectivity index (χ0) is 28.9. The first-order valence-corrected chi connectivity index (χ1v) is 14.4. The first kappa shape index (κ1) is 35.4. The SMILES string of the molecule is C=N/C=C(\C=NC)c1ccc2nc(OC(C)C(CCNC)CCO/N=C(\N=C)C(C)C)sc2n1.CC.CS. The molecule has 212 valence electrons. The highest BCUT2D eigenvalue weighted by Crippen LogP contribution is 2.30. The van der Waals surface area contributed by atoms with E-state index in [4.69, 9.17) is 14.6 Å². The molecule has 0 aromatic carbocycles. The third-order valence-electron chi connectivity index (χ3n) is 5.16. The highest BCUT2D eigenvalue weighted by molar-refractivity contribution is 7.79. The number of hydrogen-bond acceptors (Lipinski definition) is 10. The minimum absolute atomic E-state index is 0.0595. The summed E-state index contributed by atoms with van der Waals surface area (Å²) in [6.07, 6.45) is 6.71. The van der Waals surface area contributed by atoms with Gasteiger partial charge < -0.3 is 14.9 Å². The fourth-order valence-corrected chi connectivity index (χ4v) is 4.11. The fraction of sp³-hybridized carbons (Fsp3) is 0.556. The molecule has 2 rings (SSSR count). The van der Waals surface area contributed by atoms with E-state index in [2.05, 4.69) is 63.4 Å². The molecule has 11 heteroatoms. The average molecular weight is 564 g/mol. The van der Waals surface area contributed by atoms with Gasteiger partial charge >= 0.3 is 0 Å². The van der Waals surface area contributed by atoms with Gasteiger partial charge in [-0.25, -0.2) is 15.0 Å². The van der Waals surface area contributed by atoms with Gasteiger partial charge in [-0.3, -0.25) is 9.98 Å². The Morgan fingerprint density at radius 2 is 1.87 bits per heavy atom. The Labute approximate surface area is 238 Å². The summed E-state index contributed by atoms with van der Waals surface area (Å²) in [5, 5.41) is 7.91. The summed E-state index contributed by atoms with van der Waals surface area (Å²) in [6, 6.07) is 3.82. The van der Waals surface area contributed by atoms with E-state index >= 15 is 0 Å². The van der Waals surface area contributed by atoms with Crippen LogP contribution in [-0.2, 0) is 4.84 Å². The third-order valence-corrected chi connectivity index (χ3v) is 6.02. The van der Waals surface area contributed by atoms with Crippen molar-refractivity contribution in [3.05, 3.63) is 24.0 Å². The minimum atomic E-state index is -0.0595. The molecule has 0 bridgehead atoms. The van der Waals surface area contributed by atoms with Crippen molar-refractivity contribution >= 4 is 65.4 Å². The van der Waals surface area contributed by atoms with Crippen molar-refractivity contribution in [2.75, 3.05) is 33.5 Å². The van der Waals surface area contributed by atoms with Crippen LogP contribution in [0.25, 0.3) is 15.9 Å². The van der Waals surface area contributed by atoms with E-state index in [1.165, 1.54) is 11.3 Å². The smallest absolute Gasteiger partial charge is 0.276 e. The van der Waals surface area contributed by atoms with E-state index in [1.807, 2.05) is 46.9 Å². The summed E-state index contributed by atoms with van der Waals surface area (Å²) in [7, 11) is 3.65. The molecule has 0 spiro atoms. The first-order valence-electron chi connectivity index (χ1n) is 12.7. The number of nitrogens with one attached hydrogen (secondary N) is 1. The molecule has 0 saturated carbocycles. The van der Waals surface area contributed by atoms with Crippen molar-refractivity contribution in [3.8, 4) is 5.19 Å². The van der Waals surface area contributed by atoms with E-state index < -0.39 is 0 Å². The summed E-state index contributed by atoms with van der Waals surface area (Å²) in [4.78, 5) is 27.4. The summed E-state index contributed by atoms with van der Waals surface area (Å²) < 4.78 is 6.24. The Morgan fingerprint density at radius 1 is 1.16 bits per heavy atom. The second-order valence-electron chi connectivity index (χ2n) is 8.01. The van der Waals surface area contributed by atoms with Crippen LogP contribution in [0.15, 0.2) is 38.5 Å². The number of hydrogen-bond donors (Lipinski definition) is 2. The third kappa shape index (κ3) is 12.3. The highest BCUT2D eigenvalue weighted by atomic mass is 32.1. The lowest BCUT2D eigenvalue weighted by molar-refractivity contribution is 0.0854. The molecule has 9 nitrogen and oxygen atoms in total. The predicted molar refractivity (Wildman–Crippen MR) is 170 cm³/mol. The monoisotopic (exact) mass is 563 g/mol. The van der Waals surface area contributed by atoms with E-state index in [-0.39, 0.29) is 17.9 Å².